The highest BCUT2D eigenvalue weighted by Crippen LogP contribution is 2.20. The van der Waals surface area contributed by atoms with E-state index in [1.165, 1.54) is 16.6 Å². The van der Waals surface area contributed by atoms with Crippen molar-refractivity contribution in [1.29, 1.82) is 0 Å². The fourth-order valence-corrected chi connectivity index (χ4v) is 3.11. The van der Waals surface area contributed by atoms with Crippen LogP contribution in [0.4, 0.5) is 11.5 Å². The van der Waals surface area contributed by atoms with Crippen LogP contribution in [0.5, 0.6) is 0 Å². The number of methoxy groups -OCH3 is 1. The number of benzene rings is 1. The summed E-state index contributed by atoms with van der Waals surface area (Å²) in [7, 11) is 3.25. The lowest BCUT2D eigenvalue weighted by molar-refractivity contribution is -0.118. The van der Waals surface area contributed by atoms with Crippen molar-refractivity contribution in [2.45, 2.75) is 19.5 Å². The van der Waals surface area contributed by atoms with Gasteiger partial charge >= 0.3 is 5.69 Å². The van der Waals surface area contributed by atoms with Gasteiger partial charge in [0.05, 0.1) is 31.8 Å². The van der Waals surface area contributed by atoms with E-state index in [0.717, 1.165) is 5.56 Å². The quantitative estimate of drug-likeness (QED) is 0.547. The molecule has 3 aromatic rings. The molecule has 0 unspecified atom stereocenters. The molecule has 0 bridgehead atoms. The molecule has 0 atom stereocenters. The Morgan fingerprint density at radius 2 is 1.97 bits per heavy atom. The van der Waals surface area contributed by atoms with Crippen LogP contribution in [0.1, 0.15) is 11.3 Å². The molecule has 0 spiro atoms. The number of nitrogen functional groups attached to an aromatic ring is 1. The molecule has 0 fully saturated rings. The second kappa shape index (κ2) is 9.23. The molecule has 2 aromatic heterocycles. The Bertz CT molecular complexity index is 1130. The summed E-state index contributed by atoms with van der Waals surface area (Å²) in [4.78, 5) is 41.6. The number of ether oxygens (including phenoxy) is 1. The molecule has 10 heteroatoms. The van der Waals surface area contributed by atoms with E-state index in [0.29, 0.717) is 5.69 Å². The van der Waals surface area contributed by atoms with E-state index in [2.05, 4.69) is 10.1 Å². The number of hydrogen-bond acceptors (Lipinski definition) is 6. The largest absolute Gasteiger partial charge is 0.383 e. The number of rotatable bonds is 8. The average molecular weight is 412 g/mol. The number of carbonyl (C=O) groups excluding carboxylic acids is 1. The van der Waals surface area contributed by atoms with Gasteiger partial charge in [-0.05, 0) is 11.6 Å². The first-order chi connectivity index (χ1) is 14.4. The number of nitrogens with one attached hydrogen (secondary N) is 1. The van der Waals surface area contributed by atoms with Crippen molar-refractivity contribution in [1.82, 2.24) is 19.3 Å². The lowest BCUT2D eigenvalue weighted by atomic mass is 10.2. The number of anilines is 2. The zero-order valence-electron chi connectivity index (χ0n) is 16.9. The van der Waals surface area contributed by atoms with Crippen LogP contribution in [0.25, 0.3) is 0 Å². The number of aromatic amines is 1. The van der Waals surface area contributed by atoms with Gasteiger partial charge in [-0.15, -0.1) is 0 Å². The van der Waals surface area contributed by atoms with Gasteiger partial charge in [-0.1, -0.05) is 30.3 Å². The predicted octanol–water partition coefficient (Wildman–Crippen LogP) is 0.275. The van der Waals surface area contributed by atoms with Crippen molar-refractivity contribution in [3.63, 3.8) is 0 Å². The van der Waals surface area contributed by atoms with E-state index >= 15 is 0 Å². The second-order valence-corrected chi connectivity index (χ2v) is 6.76. The van der Waals surface area contributed by atoms with E-state index in [1.54, 1.807) is 24.0 Å². The highest BCUT2D eigenvalue weighted by molar-refractivity contribution is 5.96. The predicted molar refractivity (Wildman–Crippen MR) is 112 cm³/mol. The minimum absolute atomic E-state index is 0.0241. The SMILES string of the molecule is COCCn1c(N)c(N(Cc2ccccc2)C(=O)Cc2ccn(C)n2)c(=O)[nH]c1=O. The highest BCUT2D eigenvalue weighted by Gasteiger charge is 2.25. The van der Waals surface area contributed by atoms with E-state index in [1.807, 2.05) is 30.3 Å². The average Bonchev–Trinajstić information content (AvgIpc) is 3.12. The summed E-state index contributed by atoms with van der Waals surface area (Å²) in [6.07, 6.45) is 1.71. The van der Waals surface area contributed by atoms with Crippen LogP contribution in [0.2, 0.25) is 0 Å². The van der Waals surface area contributed by atoms with E-state index < -0.39 is 11.2 Å². The Balaban J connectivity index is 2.06. The van der Waals surface area contributed by atoms with Crippen molar-refractivity contribution in [3.8, 4) is 0 Å². The minimum Gasteiger partial charge on any atom is -0.383 e. The molecule has 30 heavy (non-hydrogen) atoms. The van der Waals surface area contributed by atoms with Gasteiger partial charge in [0.15, 0.2) is 5.69 Å². The van der Waals surface area contributed by atoms with Gasteiger partial charge in [0.25, 0.3) is 5.56 Å². The van der Waals surface area contributed by atoms with E-state index in [-0.39, 0.29) is 43.5 Å². The molecule has 0 saturated carbocycles. The van der Waals surface area contributed by atoms with E-state index in [9.17, 15) is 14.4 Å². The van der Waals surface area contributed by atoms with Crippen LogP contribution < -0.4 is 21.9 Å². The number of carbonyl (C=O) groups is 1. The van der Waals surface area contributed by atoms with Gasteiger partial charge in [0.2, 0.25) is 5.91 Å². The molecule has 0 saturated heterocycles. The van der Waals surface area contributed by atoms with Gasteiger partial charge in [-0.3, -0.25) is 28.7 Å². The molecule has 0 aliphatic carbocycles. The Labute approximate surface area is 172 Å². The lowest BCUT2D eigenvalue weighted by Crippen LogP contribution is -2.41. The van der Waals surface area contributed by atoms with Gasteiger partial charge in [-0.2, -0.15) is 5.10 Å². The molecule has 0 aliphatic heterocycles. The third-order valence-corrected chi connectivity index (χ3v) is 4.59. The topological polar surface area (TPSA) is 128 Å². The van der Waals surface area contributed by atoms with Gasteiger partial charge < -0.3 is 10.5 Å². The summed E-state index contributed by atoms with van der Waals surface area (Å²) in [5, 5.41) is 4.23. The smallest absolute Gasteiger partial charge is 0.330 e. The van der Waals surface area contributed by atoms with Crippen LogP contribution in [-0.2, 0) is 36.1 Å². The van der Waals surface area contributed by atoms with Crippen molar-refractivity contribution in [2.24, 2.45) is 7.05 Å². The monoisotopic (exact) mass is 412 g/mol. The van der Waals surface area contributed by atoms with E-state index in [4.69, 9.17) is 10.5 Å². The maximum atomic E-state index is 13.2. The summed E-state index contributed by atoms with van der Waals surface area (Å²) in [5.41, 5.74) is 6.10. The van der Waals surface area contributed by atoms with Gasteiger partial charge in [0, 0.05) is 20.4 Å². The summed E-state index contributed by atoms with van der Waals surface area (Å²) < 4.78 is 7.79. The van der Waals surface area contributed by atoms with Crippen molar-refractivity contribution in [2.75, 3.05) is 24.4 Å². The first kappa shape index (κ1) is 21.1. The first-order valence-corrected chi connectivity index (χ1v) is 9.35. The van der Waals surface area contributed by atoms with Crippen molar-refractivity contribution < 1.29 is 9.53 Å². The minimum atomic E-state index is -0.725. The summed E-state index contributed by atoms with van der Waals surface area (Å²) >= 11 is 0. The van der Waals surface area contributed by atoms with Crippen LogP contribution in [0, 0.1) is 0 Å². The maximum absolute atomic E-state index is 13.2. The van der Waals surface area contributed by atoms with Gasteiger partial charge in [-0.25, -0.2) is 4.79 Å². The zero-order valence-corrected chi connectivity index (χ0v) is 16.9. The fraction of sp³-hybridized carbons (Fsp3) is 0.300. The molecule has 1 aromatic carbocycles. The molecule has 158 valence electrons. The van der Waals surface area contributed by atoms with Crippen LogP contribution >= 0.6 is 0 Å². The van der Waals surface area contributed by atoms with Crippen molar-refractivity contribution in [3.05, 3.63) is 74.7 Å². The van der Waals surface area contributed by atoms with Crippen LogP contribution in [0.15, 0.2) is 52.2 Å². The summed E-state index contributed by atoms with van der Waals surface area (Å²) in [6, 6.07) is 10.9. The summed E-state index contributed by atoms with van der Waals surface area (Å²) in [6.45, 7) is 0.469. The third kappa shape index (κ3) is 4.66. The highest BCUT2D eigenvalue weighted by atomic mass is 16.5. The molecule has 2 heterocycles. The number of aromatic nitrogens is 4. The fourth-order valence-electron chi connectivity index (χ4n) is 3.11. The van der Waals surface area contributed by atoms with Crippen LogP contribution in [0.3, 0.4) is 0 Å². The molecule has 0 radical (unpaired) electrons. The molecule has 0 aliphatic rings. The number of nitrogens with two attached hydrogens (primary N) is 1. The van der Waals surface area contributed by atoms with Crippen LogP contribution in [-0.4, -0.2) is 39.0 Å². The Hall–Kier alpha value is -3.66. The molecular weight excluding hydrogens is 388 g/mol. The Kier molecular flexibility index (Phi) is 6.48. The number of aryl methyl sites for hydroxylation is 1. The molecule has 3 N–H and O–H groups in total. The number of hydrogen-bond donors (Lipinski definition) is 2. The number of nitrogens with zero attached hydrogens (tertiary/aromatic N) is 4. The zero-order chi connectivity index (χ0) is 21.7. The first-order valence-electron chi connectivity index (χ1n) is 9.35. The second-order valence-electron chi connectivity index (χ2n) is 6.76. The van der Waals surface area contributed by atoms with Gasteiger partial charge in [0.1, 0.15) is 5.82 Å². The number of H-pyrrole nitrogens is 1. The summed E-state index contributed by atoms with van der Waals surface area (Å²) in [5.74, 6) is -0.460. The molecule has 3 rings (SSSR count). The molecular formula is C20H24N6O4. The van der Waals surface area contributed by atoms with Crippen molar-refractivity contribution >= 4 is 17.4 Å². The Morgan fingerprint density at radius 1 is 1.23 bits per heavy atom. The standard InChI is InChI=1S/C20H24N6O4/c1-24-9-8-15(23-24)12-16(27)26(13-14-6-4-3-5-7-14)17-18(21)25(10-11-30-2)20(29)22-19(17)28/h3-9H,10-13,21H2,1-2H3,(H,22,28,29). The normalized spacial score (nSPS) is 10.9. The third-order valence-electron chi connectivity index (χ3n) is 4.59. The molecule has 10 nitrogen and oxygen atoms in total. The number of amides is 1. The molecule has 1 amide bonds. The lowest BCUT2D eigenvalue weighted by Gasteiger charge is -2.24. The Morgan fingerprint density at radius 3 is 2.60 bits per heavy atom. The maximum Gasteiger partial charge on any atom is 0.330 e.